The van der Waals surface area contributed by atoms with Crippen molar-refractivity contribution in [1.29, 1.82) is 0 Å². The van der Waals surface area contributed by atoms with Crippen LogP contribution in [0.15, 0.2) is 182 Å². The Bertz CT molecular complexity index is 1830. The van der Waals surface area contributed by atoms with E-state index in [4.69, 9.17) is 34.8 Å². The summed E-state index contributed by atoms with van der Waals surface area (Å²) in [5, 5.41) is 2.03. The summed E-state index contributed by atoms with van der Waals surface area (Å²) in [6.45, 7) is 0. The third-order valence-corrected chi connectivity index (χ3v) is 8.72. The van der Waals surface area contributed by atoms with Gasteiger partial charge in [-0.2, -0.15) is 0 Å². The first kappa shape index (κ1) is 31.4. The molecule has 0 aliphatic heterocycles. The van der Waals surface area contributed by atoms with Gasteiger partial charge >= 0.3 is 0 Å². The quantitative estimate of drug-likeness (QED) is 0.150. The molecule has 0 heterocycles. The lowest BCUT2D eigenvalue weighted by Gasteiger charge is -2.33. The number of nitrogens with zero attached hydrogens (tertiary/aromatic N) is 3. The van der Waals surface area contributed by atoms with Crippen molar-refractivity contribution in [3.05, 3.63) is 197 Å². The van der Waals surface area contributed by atoms with Crippen LogP contribution in [0.2, 0.25) is 15.1 Å². The number of para-hydroxylation sites is 3. The van der Waals surface area contributed by atoms with Crippen LogP contribution in [-0.4, -0.2) is 0 Å². The molecule has 0 atom stereocenters. The highest BCUT2D eigenvalue weighted by Gasteiger charge is 2.22. The van der Waals surface area contributed by atoms with Gasteiger partial charge in [0.25, 0.3) is 0 Å². The van der Waals surface area contributed by atoms with Gasteiger partial charge in [-0.3, -0.25) is 0 Å². The zero-order valence-corrected chi connectivity index (χ0v) is 28.1. The Morgan fingerprint density at radius 3 is 0.667 bits per heavy atom. The molecular weight excluding hydrogens is 653 g/mol. The summed E-state index contributed by atoms with van der Waals surface area (Å²) in [4.78, 5) is 6.75. The Labute approximate surface area is 296 Å². The fourth-order valence-electron chi connectivity index (χ4n) is 5.81. The summed E-state index contributed by atoms with van der Waals surface area (Å²) < 4.78 is 0. The molecule has 7 rings (SSSR count). The number of anilines is 9. The molecule has 7 aromatic carbocycles. The summed E-state index contributed by atoms with van der Waals surface area (Å²) in [5.74, 6) is 0. The van der Waals surface area contributed by atoms with E-state index < -0.39 is 0 Å². The molecule has 48 heavy (non-hydrogen) atoms. The molecule has 6 heteroatoms. The lowest BCUT2D eigenvalue weighted by atomic mass is 10.1. The standard InChI is InChI=1S/C42H30Cl3N3/c43-31-16-22-37(23-17-31)46(34-10-4-1-5-11-34)40-28-41(47(35-12-6-2-7-13-35)38-24-18-32(44)19-25-38)30-42(29-40)48(36-14-8-3-9-15-36)39-26-20-33(45)21-27-39/h1-30H. The van der Waals surface area contributed by atoms with Gasteiger partial charge in [-0.05, 0) is 127 Å². The molecule has 0 spiro atoms. The van der Waals surface area contributed by atoms with Crippen molar-refractivity contribution in [3.63, 3.8) is 0 Å². The summed E-state index contributed by atoms with van der Waals surface area (Å²) in [6.07, 6.45) is 0. The van der Waals surface area contributed by atoms with E-state index in [-0.39, 0.29) is 0 Å². The zero-order chi connectivity index (χ0) is 32.9. The lowest BCUT2D eigenvalue weighted by Crippen LogP contribution is -2.16. The maximum atomic E-state index is 6.38. The van der Waals surface area contributed by atoms with Crippen molar-refractivity contribution in [1.82, 2.24) is 0 Å². The first-order chi connectivity index (χ1) is 23.5. The average molecular weight is 683 g/mol. The van der Waals surface area contributed by atoms with Crippen molar-refractivity contribution < 1.29 is 0 Å². The van der Waals surface area contributed by atoms with Crippen molar-refractivity contribution in [2.24, 2.45) is 0 Å². The smallest absolute Gasteiger partial charge is 0.0503 e. The second-order valence-electron chi connectivity index (χ2n) is 11.1. The van der Waals surface area contributed by atoms with Gasteiger partial charge in [0.05, 0.1) is 17.1 Å². The lowest BCUT2D eigenvalue weighted by molar-refractivity contribution is 1.22. The molecule has 0 saturated carbocycles. The van der Waals surface area contributed by atoms with E-state index in [9.17, 15) is 0 Å². The predicted octanol–water partition coefficient (Wildman–Crippen LogP) is 14.1. The molecule has 0 fully saturated rings. The summed E-state index contributed by atoms with van der Waals surface area (Å²) in [7, 11) is 0. The van der Waals surface area contributed by atoms with E-state index in [1.54, 1.807) is 0 Å². The first-order valence-corrected chi connectivity index (χ1v) is 16.6. The van der Waals surface area contributed by atoms with Gasteiger partial charge in [0.15, 0.2) is 0 Å². The minimum atomic E-state index is 0.678. The van der Waals surface area contributed by atoms with Gasteiger partial charge < -0.3 is 14.7 Å². The fourth-order valence-corrected chi connectivity index (χ4v) is 6.19. The number of hydrogen-bond acceptors (Lipinski definition) is 3. The van der Waals surface area contributed by atoms with Crippen molar-refractivity contribution in [2.45, 2.75) is 0 Å². The van der Waals surface area contributed by atoms with E-state index in [1.807, 2.05) is 91.0 Å². The van der Waals surface area contributed by atoms with Crippen LogP contribution in [0.25, 0.3) is 0 Å². The largest absolute Gasteiger partial charge is 0.310 e. The molecule has 0 aliphatic rings. The highest BCUT2D eigenvalue weighted by molar-refractivity contribution is 6.31. The third kappa shape index (κ3) is 6.90. The van der Waals surface area contributed by atoms with Crippen molar-refractivity contribution >= 4 is 86.0 Å². The van der Waals surface area contributed by atoms with Crippen LogP contribution in [-0.2, 0) is 0 Å². The zero-order valence-electron chi connectivity index (χ0n) is 25.8. The van der Waals surface area contributed by atoms with E-state index in [0.717, 1.165) is 51.2 Å². The van der Waals surface area contributed by atoms with Crippen LogP contribution in [0.5, 0.6) is 0 Å². The van der Waals surface area contributed by atoms with Crippen LogP contribution in [0.4, 0.5) is 51.2 Å². The number of benzene rings is 7. The Balaban J connectivity index is 1.53. The Morgan fingerprint density at radius 2 is 0.438 bits per heavy atom. The first-order valence-electron chi connectivity index (χ1n) is 15.5. The predicted molar refractivity (Wildman–Crippen MR) is 206 cm³/mol. The topological polar surface area (TPSA) is 9.72 Å². The van der Waals surface area contributed by atoms with E-state index >= 15 is 0 Å². The van der Waals surface area contributed by atoms with Gasteiger partial charge in [-0.15, -0.1) is 0 Å². The molecule has 0 aliphatic carbocycles. The molecule has 0 saturated heterocycles. The van der Waals surface area contributed by atoms with Crippen molar-refractivity contribution in [3.8, 4) is 0 Å². The van der Waals surface area contributed by atoms with Gasteiger partial charge in [-0.1, -0.05) is 89.4 Å². The maximum Gasteiger partial charge on any atom is 0.0503 e. The summed E-state index contributed by atoms with van der Waals surface area (Å²) >= 11 is 19.2. The molecule has 0 unspecified atom stereocenters. The van der Waals surface area contributed by atoms with Crippen LogP contribution >= 0.6 is 34.8 Å². The Hall–Kier alpha value is -5.19. The second kappa shape index (κ2) is 14.3. The summed E-state index contributed by atoms with van der Waals surface area (Å²) in [5.41, 5.74) is 8.84. The molecule has 0 amide bonds. The molecular formula is C42H30Cl3N3. The van der Waals surface area contributed by atoms with E-state index in [0.29, 0.717) is 15.1 Å². The average Bonchev–Trinajstić information content (AvgIpc) is 3.13. The normalized spacial score (nSPS) is 10.8. The second-order valence-corrected chi connectivity index (χ2v) is 12.5. The molecule has 3 nitrogen and oxygen atoms in total. The van der Waals surface area contributed by atoms with Crippen molar-refractivity contribution in [2.75, 3.05) is 14.7 Å². The van der Waals surface area contributed by atoms with Crippen LogP contribution in [0, 0.1) is 0 Å². The Morgan fingerprint density at radius 1 is 0.229 bits per heavy atom. The molecule has 0 bridgehead atoms. The van der Waals surface area contributed by atoms with Gasteiger partial charge in [0.2, 0.25) is 0 Å². The number of rotatable bonds is 9. The highest BCUT2D eigenvalue weighted by atomic mass is 35.5. The summed E-state index contributed by atoms with van der Waals surface area (Å²) in [6, 6.07) is 61.6. The van der Waals surface area contributed by atoms with E-state index in [2.05, 4.69) is 106 Å². The van der Waals surface area contributed by atoms with Gasteiger partial charge in [0, 0.05) is 49.2 Å². The van der Waals surface area contributed by atoms with Gasteiger partial charge in [0.1, 0.15) is 0 Å². The highest BCUT2D eigenvalue weighted by Crippen LogP contribution is 2.46. The minimum absolute atomic E-state index is 0.678. The molecule has 0 aromatic heterocycles. The Kier molecular flexibility index (Phi) is 9.35. The maximum absolute atomic E-state index is 6.38. The third-order valence-electron chi connectivity index (χ3n) is 7.96. The number of hydrogen-bond donors (Lipinski definition) is 0. The molecule has 7 aromatic rings. The minimum Gasteiger partial charge on any atom is -0.310 e. The molecule has 0 N–H and O–H groups in total. The number of halogens is 3. The van der Waals surface area contributed by atoms with Gasteiger partial charge in [-0.25, -0.2) is 0 Å². The fraction of sp³-hybridized carbons (Fsp3) is 0. The monoisotopic (exact) mass is 681 g/mol. The van der Waals surface area contributed by atoms with E-state index in [1.165, 1.54) is 0 Å². The molecule has 234 valence electrons. The van der Waals surface area contributed by atoms with Crippen LogP contribution in [0.3, 0.4) is 0 Å². The SMILES string of the molecule is Clc1ccc(N(c2ccccc2)c2cc(N(c3ccccc3)c3ccc(Cl)cc3)cc(N(c3ccccc3)c3ccc(Cl)cc3)c2)cc1. The van der Waals surface area contributed by atoms with Crippen LogP contribution < -0.4 is 14.7 Å². The molecule has 0 radical (unpaired) electrons. The van der Waals surface area contributed by atoms with Crippen LogP contribution in [0.1, 0.15) is 0 Å².